The molecule has 25 heavy (non-hydrogen) atoms. The Hall–Kier alpha value is -2.78. The number of amides is 1. The fourth-order valence-corrected chi connectivity index (χ4v) is 2.60. The third kappa shape index (κ3) is 5.10. The van der Waals surface area contributed by atoms with Gasteiger partial charge in [-0.05, 0) is 41.5 Å². The van der Waals surface area contributed by atoms with Gasteiger partial charge in [0.15, 0.2) is 0 Å². The van der Waals surface area contributed by atoms with Gasteiger partial charge in [-0.15, -0.1) is 0 Å². The standard InChI is InChI=1S/C21H18ClNO2/c22-20-9-5-4-8-17(20)14-21(24)23-18-10-12-19(13-11-18)25-15-16-6-2-1-3-7-16/h1-13H,14-15H2,(H,23,24). The lowest BCUT2D eigenvalue weighted by Crippen LogP contribution is -2.14. The summed E-state index contributed by atoms with van der Waals surface area (Å²) in [5.41, 5.74) is 2.65. The third-order valence-electron chi connectivity index (χ3n) is 3.70. The maximum absolute atomic E-state index is 12.1. The van der Waals surface area contributed by atoms with Crippen molar-refractivity contribution in [2.75, 3.05) is 5.32 Å². The summed E-state index contributed by atoms with van der Waals surface area (Å²) in [6, 6.07) is 24.7. The van der Waals surface area contributed by atoms with E-state index in [9.17, 15) is 4.79 Å². The van der Waals surface area contributed by atoms with Gasteiger partial charge in [-0.3, -0.25) is 4.79 Å². The summed E-state index contributed by atoms with van der Waals surface area (Å²) >= 11 is 6.08. The lowest BCUT2D eigenvalue weighted by atomic mass is 10.1. The van der Waals surface area contributed by atoms with Gasteiger partial charge in [0.1, 0.15) is 12.4 Å². The van der Waals surface area contributed by atoms with Crippen molar-refractivity contribution in [1.29, 1.82) is 0 Å². The van der Waals surface area contributed by atoms with E-state index in [1.165, 1.54) is 0 Å². The van der Waals surface area contributed by atoms with E-state index in [-0.39, 0.29) is 12.3 Å². The molecule has 0 radical (unpaired) electrons. The molecule has 1 N–H and O–H groups in total. The predicted molar refractivity (Wildman–Crippen MR) is 101 cm³/mol. The summed E-state index contributed by atoms with van der Waals surface area (Å²) in [6.07, 6.45) is 0.242. The van der Waals surface area contributed by atoms with Gasteiger partial charge < -0.3 is 10.1 Å². The fourth-order valence-electron chi connectivity index (χ4n) is 2.40. The van der Waals surface area contributed by atoms with E-state index in [1.807, 2.05) is 72.8 Å². The molecule has 0 bridgehead atoms. The molecule has 0 aliphatic rings. The molecule has 1 amide bonds. The Labute approximate surface area is 152 Å². The van der Waals surface area contributed by atoms with E-state index in [0.717, 1.165) is 22.6 Å². The van der Waals surface area contributed by atoms with Crippen LogP contribution in [0.3, 0.4) is 0 Å². The minimum atomic E-state index is -0.106. The van der Waals surface area contributed by atoms with Crippen LogP contribution in [0.4, 0.5) is 5.69 Å². The number of benzene rings is 3. The van der Waals surface area contributed by atoms with Crippen LogP contribution in [0.2, 0.25) is 5.02 Å². The molecule has 0 aromatic heterocycles. The van der Waals surface area contributed by atoms with E-state index in [2.05, 4.69) is 5.32 Å². The van der Waals surface area contributed by atoms with Crippen LogP contribution in [0.1, 0.15) is 11.1 Å². The lowest BCUT2D eigenvalue weighted by Gasteiger charge is -2.09. The van der Waals surface area contributed by atoms with Gasteiger partial charge >= 0.3 is 0 Å². The van der Waals surface area contributed by atoms with Crippen molar-refractivity contribution in [3.63, 3.8) is 0 Å². The Bertz CT molecular complexity index is 832. The number of hydrogen-bond acceptors (Lipinski definition) is 2. The lowest BCUT2D eigenvalue weighted by molar-refractivity contribution is -0.115. The summed E-state index contributed by atoms with van der Waals surface area (Å²) in [5.74, 6) is 0.652. The minimum Gasteiger partial charge on any atom is -0.489 e. The number of halogens is 1. The van der Waals surface area contributed by atoms with E-state index in [4.69, 9.17) is 16.3 Å². The number of rotatable bonds is 6. The first-order valence-corrected chi connectivity index (χ1v) is 8.38. The minimum absolute atomic E-state index is 0.106. The summed E-state index contributed by atoms with van der Waals surface area (Å²) in [7, 11) is 0. The smallest absolute Gasteiger partial charge is 0.228 e. The highest BCUT2D eigenvalue weighted by Crippen LogP contribution is 2.19. The number of nitrogens with one attached hydrogen (secondary N) is 1. The maximum atomic E-state index is 12.1. The van der Waals surface area contributed by atoms with E-state index in [0.29, 0.717) is 11.6 Å². The van der Waals surface area contributed by atoms with Crippen molar-refractivity contribution in [3.05, 3.63) is 95.0 Å². The zero-order valence-electron chi connectivity index (χ0n) is 13.6. The van der Waals surface area contributed by atoms with Crippen molar-refractivity contribution in [3.8, 4) is 5.75 Å². The molecular formula is C21H18ClNO2. The molecule has 0 spiro atoms. The molecule has 0 atom stereocenters. The van der Waals surface area contributed by atoms with Gasteiger partial charge in [-0.1, -0.05) is 60.1 Å². The van der Waals surface area contributed by atoms with E-state index in [1.54, 1.807) is 6.07 Å². The number of carbonyl (C=O) groups is 1. The molecule has 0 fully saturated rings. The monoisotopic (exact) mass is 351 g/mol. The van der Waals surface area contributed by atoms with Crippen molar-refractivity contribution < 1.29 is 9.53 Å². The molecule has 0 aliphatic carbocycles. The van der Waals surface area contributed by atoms with Crippen LogP contribution < -0.4 is 10.1 Å². The predicted octanol–water partition coefficient (Wildman–Crippen LogP) is 5.10. The quantitative estimate of drug-likeness (QED) is 0.671. The fraction of sp³-hybridized carbons (Fsp3) is 0.0952. The maximum Gasteiger partial charge on any atom is 0.228 e. The first-order valence-electron chi connectivity index (χ1n) is 8.01. The molecule has 3 aromatic rings. The summed E-state index contributed by atoms with van der Waals surface area (Å²) in [5, 5.41) is 3.46. The van der Waals surface area contributed by atoms with Crippen molar-refractivity contribution in [2.45, 2.75) is 13.0 Å². The second-order valence-corrected chi connectivity index (χ2v) is 6.02. The average Bonchev–Trinajstić information content (AvgIpc) is 2.64. The van der Waals surface area contributed by atoms with Crippen LogP contribution in [0.25, 0.3) is 0 Å². The van der Waals surface area contributed by atoms with Crippen LogP contribution in [0.5, 0.6) is 5.75 Å². The summed E-state index contributed by atoms with van der Waals surface area (Å²) in [6.45, 7) is 0.513. The molecule has 3 nitrogen and oxygen atoms in total. The van der Waals surface area contributed by atoms with Crippen molar-refractivity contribution in [1.82, 2.24) is 0 Å². The second kappa shape index (κ2) is 8.36. The van der Waals surface area contributed by atoms with Gasteiger partial charge in [0.25, 0.3) is 0 Å². The Morgan fingerprint density at radius 1 is 0.880 bits per heavy atom. The highest BCUT2D eigenvalue weighted by Gasteiger charge is 2.07. The Kier molecular flexibility index (Phi) is 5.70. The Morgan fingerprint density at radius 2 is 1.56 bits per heavy atom. The van der Waals surface area contributed by atoms with Crippen LogP contribution in [-0.2, 0) is 17.8 Å². The zero-order valence-corrected chi connectivity index (χ0v) is 14.4. The normalized spacial score (nSPS) is 10.3. The molecular weight excluding hydrogens is 334 g/mol. The van der Waals surface area contributed by atoms with Crippen LogP contribution >= 0.6 is 11.6 Å². The van der Waals surface area contributed by atoms with Gasteiger partial charge in [0, 0.05) is 10.7 Å². The Balaban J connectivity index is 1.53. The van der Waals surface area contributed by atoms with E-state index >= 15 is 0 Å². The molecule has 126 valence electrons. The van der Waals surface area contributed by atoms with Crippen molar-refractivity contribution >= 4 is 23.2 Å². The Morgan fingerprint density at radius 3 is 2.28 bits per heavy atom. The van der Waals surface area contributed by atoms with Gasteiger partial charge in [0.05, 0.1) is 6.42 Å². The SMILES string of the molecule is O=C(Cc1ccccc1Cl)Nc1ccc(OCc2ccccc2)cc1. The average molecular weight is 352 g/mol. The summed E-state index contributed by atoms with van der Waals surface area (Å²) in [4.78, 5) is 12.1. The van der Waals surface area contributed by atoms with Crippen LogP contribution in [-0.4, -0.2) is 5.91 Å². The molecule has 0 aliphatic heterocycles. The van der Waals surface area contributed by atoms with Gasteiger partial charge in [-0.2, -0.15) is 0 Å². The second-order valence-electron chi connectivity index (χ2n) is 5.62. The third-order valence-corrected chi connectivity index (χ3v) is 4.06. The molecule has 0 unspecified atom stereocenters. The zero-order chi connectivity index (χ0) is 17.5. The topological polar surface area (TPSA) is 38.3 Å². The van der Waals surface area contributed by atoms with Crippen molar-refractivity contribution in [2.24, 2.45) is 0 Å². The molecule has 4 heteroatoms. The number of hydrogen-bond donors (Lipinski definition) is 1. The molecule has 0 saturated heterocycles. The number of anilines is 1. The first kappa shape index (κ1) is 17.1. The van der Waals surface area contributed by atoms with Crippen LogP contribution in [0.15, 0.2) is 78.9 Å². The van der Waals surface area contributed by atoms with Crippen LogP contribution in [0, 0.1) is 0 Å². The molecule has 0 heterocycles. The summed E-state index contributed by atoms with van der Waals surface area (Å²) < 4.78 is 5.73. The number of carbonyl (C=O) groups excluding carboxylic acids is 1. The molecule has 3 rings (SSSR count). The molecule has 3 aromatic carbocycles. The van der Waals surface area contributed by atoms with Gasteiger partial charge in [0.2, 0.25) is 5.91 Å². The highest BCUT2D eigenvalue weighted by atomic mass is 35.5. The van der Waals surface area contributed by atoms with Gasteiger partial charge in [-0.25, -0.2) is 0 Å². The number of ether oxygens (including phenoxy) is 1. The van der Waals surface area contributed by atoms with E-state index < -0.39 is 0 Å². The largest absolute Gasteiger partial charge is 0.489 e. The highest BCUT2D eigenvalue weighted by molar-refractivity contribution is 6.31. The molecule has 0 saturated carbocycles. The first-order chi connectivity index (χ1) is 12.2.